The molecule has 1 unspecified atom stereocenters. The predicted molar refractivity (Wildman–Crippen MR) is 173 cm³/mol. The van der Waals surface area contributed by atoms with Crippen LogP contribution in [-0.4, -0.2) is 40.6 Å². The first kappa shape index (κ1) is 32.7. The van der Waals surface area contributed by atoms with Gasteiger partial charge in [0.05, 0.1) is 11.7 Å². The lowest BCUT2D eigenvalue weighted by molar-refractivity contribution is 0.241. The van der Waals surface area contributed by atoms with Crippen molar-refractivity contribution in [1.82, 2.24) is 14.8 Å². The summed E-state index contributed by atoms with van der Waals surface area (Å²) in [6.45, 7) is 17.9. The maximum Gasteiger partial charge on any atom is 0.131 e. The van der Waals surface area contributed by atoms with E-state index < -0.39 is 11.6 Å². The summed E-state index contributed by atoms with van der Waals surface area (Å²) in [5.41, 5.74) is 8.94. The smallest absolute Gasteiger partial charge is 0.131 e. The molecular weight excluding hydrogens is 532 g/mol. The minimum absolute atomic E-state index is 0.0269. The number of allylic oxidation sites excluding steroid dienone is 5. The van der Waals surface area contributed by atoms with Crippen LogP contribution in [0.15, 0.2) is 84.4 Å². The number of hydrogen-bond donors (Lipinski definition) is 1. The molecule has 41 heavy (non-hydrogen) atoms. The molecule has 0 radical (unpaired) electrons. The maximum atomic E-state index is 14.9. The molecule has 1 N–H and O–H groups in total. The molecule has 1 heterocycles. The van der Waals surface area contributed by atoms with Gasteiger partial charge in [0, 0.05) is 48.4 Å². The van der Waals surface area contributed by atoms with Crippen molar-refractivity contribution in [3.63, 3.8) is 0 Å². The monoisotopic (exact) mass is 579 g/mol. The topological polar surface area (TPSA) is 20.2 Å². The van der Waals surface area contributed by atoms with Crippen LogP contribution >= 0.6 is 11.8 Å². The molecule has 1 aromatic heterocycles. The molecule has 3 nitrogen and oxygen atoms in total. The zero-order valence-electron chi connectivity index (χ0n) is 25.2. The molecule has 0 saturated carbocycles. The van der Waals surface area contributed by atoms with Crippen molar-refractivity contribution in [2.24, 2.45) is 0 Å². The van der Waals surface area contributed by atoms with Gasteiger partial charge < -0.3 is 14.8 Å². The molecule has 6 heteroatoms. The molecule has 222 valence electrons. The number of unbranched alkanes of at least 4 members (excludes halogenated alkanes) is 1. The van der Waals surface area contributed by atoms with Crippen molar-refractivity contribution < 1.29 is 8.78 Å². The SMILES string of the molecule is C=C=C(CSCCC(=C)C)N(CCNCCCC)C(CC)c1cc(-c2cc(F)ccc2F)cn1CC1=CC=CCC1. The van der Waals surface area contributed by atoms with E-state index in [2.05, 4.69) is 78.7 Å². The van der Waals surface area contributed by atoms with Gasteiger partial charge in [-0.15, -0.1) is 12.3 Å². The Balaban J connectivity index is 2.01. The first-order chi connectivity index (χ1) is 19.9. The van der Waals surface area contributed by atoms with Crippen LogP contribution in [0.5, 0.6) is 0 Å². The van der Waals surface area contributed by atoms with Crippen LogP contribution in [-0.2, 0) is 6.54 Å². The normalized spacial score (nSPS) is 13.5. The molecule has 0 spiro atoms. The van der Waals surface area contributed by atoms with Gasteiger partial charge in [0.2, 0.25) is 0 Å². The Hall–Kier alpha value is -2.79. The fourth-order valence-corrected chi connectivity index (χ4v) is 6.26. The van der Waals surface area contributed by atoms with Crippen LogP contribution < -0.4 is 5.32 Å². The molecule has 0 aliphatic heterocycles. The van der Waals surface area contributed by atoms with Gasteiger partial charge in [-0.1, -0.05) is 56.2 Å². The molecule has 0 bridgehead atoms. The van der Waals surface area contributed by atoms with Crippen LogP contribution in [0.1, 0.15) is 71.0 Å². The van der Waals surface area contributed by atoms with Gasteiger partial charge in [-0.25, -0.2) is 8.78 Å². The Morgan fingerprint density at radius 3 is 2.73 bits per heavy atom. The number of halogens is 2. The molecule has 0 amide bonds. The van der Waals surface area contributed by atoms with E-state index in [-0.39, 0.29) is 6.04 Å². The van der Waals surface area contributed by atoms with Gasteiger partial charge in [-0.2, -0.15) is 11.8 Å². The first-order valence-corrected chi connectivity index (χ1v) is 16.1. The van der Waals surface area contributed by atoms with Crippen molar-refractivity contribution >= 4 is 11.8 Å². The molecule has 0 saturated heterocycles. The summed E-state index contributed by atoms with van der Waals surface area (Å²) in [5.74, 6) is 0.956. The average molecular weight is 580 g/mol. The molecule has 0 fully saturated rings. The number of benzene rings is 1. The number of rotatable bonds is 18. The highest BCUT2D eigenvalue weighted by Gasteiger charge is 2.26. The highest BCUT2D eigenvalue weighted by molar-refractivity contribution is 7.99. The van der Waals surface area contributed by atoms with Gasteiger partial charge in [0.1, 0.15) is 11.6 Å². The molecular formula is C35H47F2N3S. The summed E-state index contributed by atoms with van der Waals surface area (Å²) < 4.78 is 31.4. The minimum Gasteiger partial charge on any atom is -0.358 e. The number of thioether (sulfide) groups is 1. The zero-order valence-corrected chi connectivity index (χ0v) is 26.0. The van der Waals surface area contributed by atoms with E-state index in [4.69, 9.17) is 0 Å². The summed E-state index contributed by atoms with van der Waals surface area (Å²) in [5, 5.41) is 3.60. The van der Waals surface area contributed by atoms with Crippen LogP contribution in [0.4, 0.5) is 8.78 Å². The minimum atomic E-state index is -0.439. The predicted octanol–water partition coefficient (Wildman–Crippen LogP) is 9.22. The molecule has 1 aliphatic carbocycles. The van der Waals surface area contributed by atoms with E-state index >= 15 is 0 Å². The lowest BCUT2D eigenvalue weighted by atomic mass is 10.0. The molecule has 1 aliphatic rings. The fourth-order valence-electron chi connectivity index (χ4n) is 5.16. The van der Waals surface area contributed by atoms with Crippen LogP contribution in [0, 0.1) is 11.6 Å². The molecule has 3 rings (SSSR count). The third kappa shape index (κ3) is 9.92. The number of aromatic nitrogens is 1. The third-order valence-corrected chi connectivity index (χ3v) is 8.42. The van der Waals surface area contributed by atoms with E-state index in [0.29, 0.717) is 11.1 Å². The van der Waals surface area contributed by atoms with Crippen molar-refractivity contribution in [3.05, 3.63) is 102 Å². The Morgan fingerprint density at radius 1 is 1.22 bits per heavy atom. The summed E-state index contributed by atoms with van der Waals surface area (Å²) in [6, 6.07) is 5.76. The second kappa shape index (κ2) is 17.2. The fraction of sp³-hybridized carbons (Fsp3) is 0.457. The Labute approximate surface area is 250 Å². The van der Waals surface area contributed by atoms with Gasteiger partial charge in [-0.05, 0) is 75.6 Å². The quantitative estimate of drug-likeness (QED) is 0.108. The Kier molecular flexibility index (Phi) is 13.8. The highest BCUT2D eigenvalue weighted by atomic mass is 32.2. The second-order valence-corrected chi connectivity index (χ2v) is 11.9. The van der Waals surface area contributed by atoms with Crippen molar-refractivity contribution in [2.75, 3.05) is 31.1 Å². The summed E-state index contributed by atoms with van der Waals surface area (Å²) in [4.78, 5) is 2.42. The van der Waals surface area contributed by atoms with E-state index in [9.17, 15) is 8.78 Å². The van der Waals surface area contributed by atoms with E-state index in [1.54, 1.807) is 0 Å². The Bertz CT molecular complexity index is 1250. The first-order valence-electron chi connectivity index (χ1n) is 15.0. The molecule has 1 aromatic carbocycles. The van der Waals surface area contributed by atoms with Gasteiger partial charge in [0.15, 0.2) is 0 Å². The summed E-state index contributed by atoms with van der Waals surface area (Å²) >= 11 is 1.87. The van der Waals surface area contributed by atoms with Crippen LogP contribution in [0.3, 0.4) is 0 Å². The van der Waals surface area contributed by atoms with Gasteiger partial charge >= 0.3 is 0 Å². The van der Waals surface area contributed by atoms with Crippen molar-refractivity contribution in [2.45, 2.75) is 71.9 Å². The van der Waals surface area contributed by atoms with E-state index in [1.807, 2.05) is 18.0 Å². The van der Waals surface area contributed by atoms with E-state index in [1.165, 1.54) is 29.3 Å². The van der Waals surface area contributed by atoms with Crippen molar-refractivity contribution in [1.29, 1.82) is 0 Å². The summed E-state index contributed by atoms with van der Waals surface area (Å²) in [6.07, 6.45) is 14.6. The van der Waals surface area contributed by atoms with Gasteiger partial charge in [0.25, 0.3) is 0 Å². The zero-order chi connectivity index (χ0) is 29.6. The van der Waals surface area contributed by atoms with Crippen LogP contribution in [0.25, 0.3) is 11.1 Å². The largest absolute Gasteiger partial charge is 0.358 e. The van der Waals surface area contributed by atoms with Gasteiger partial charge in [-0.3, -0.25) is 0 Å². The highest BCUT2D eigenvalue weighted by Crippen LogP contribution is 2.35. The standard InChI is InChI=1S/C35H47F2N3S/c1-6-9-18-38-19-20-40(31(7-2)26-41-21-17-27(4)5)34(8-3)35-22-29(32-23-30(36)15-16-33(32)37)25-39(35)24-28-13-11-10-12-14-28/h10-11,13,15-16,22-23,25,34,38H,2,4,6,8-9,12,14,17-21,24,26H2,1,3,5H3. The maximum absolute atomic E-state index is 14.9. The lowest BCUT2D eigenvalue weighted by Gasteiger charge is -2.35. The summed E-state index contributed by atoms with van der Waals surface area (Å²) in [7, 11) is 0. The third-order valence-electron chi connectivity index (χ3n) is 7.45. The second-order valence-electron chi connectivity index (χ2n) is 10.8. The van der Waals surface area contributed by atoms with Crippen molar-refractivity contribution in [3.8, 4) is 11.1 Å². The number of hydrogen-bond acceptors (Lipinski definition) is 3. The molecule has 1 atom stereocenters. The number of nitrogens with one attached hydrogen (secondary N) is 1. The molecule has 2 aromatic rings. The average Bonchev–Trinajstić information content (AvgIpc) is 3.37. The van der Waals surface area contributed by atoms with Crippen LogP contribution in [0.2, 0.25) is 0 Å². The van der Waals surface area contributed by atoms with E-state index in [0.717, 1.165) is 87.6 Å². The Morgan fingerprint density at radius 2 is 2.05 bits per heavy atom. The lowest BCUT2D eigenvalue weighted by Crippen LogP contribution is -2.36. The number of nitrogens with zero attached hydrogens (tertiary/aromatic N) is 2.